The van der Waals surface area contributed by atoms with Crippen molar-refractivity contribution in [3.05, 3.63) is 97.2 Å². The molecular formula is C43H70NO9P. The van der Waals surface area contributed by atoms with E-state index in [0.29, 0.717) is 19.3 Å². The first-order chi connectivity index (χ1) is 26.2. The molecule has 0 aliphatic rings. The van der Waals surface area contributed by atoms with Crippen LogP contribution in [0.15, 0.2) is 97.2 Å². The molecule has 0 aliphatic carbocycles. The van der Waals surface area contributed by atoms with Gasteiger partial charge in [0.05, 0.1) is 19.3 Å². The Morgan fingerprint density at radius 1 is 0.648 bits per heavy atom. The predicted octanol–water partition coefficient (Wildman–Crippen LogP) is 10.0. The van der Waals surface area contributed by atoms with Gasteiger partial charge in [0.2, 0.25) is 0 Å². The molecule has 0 aliphatic heterocycles. The Balaban J connectivity index is 4.43. The summed E-state index contributed by atoms with van der Waals surface area (Å²) in [5.74, 6) is -0.979. The Labute approximate surface area is 326 Å². The molecule has 0 rings (SSSR count). The fourth-order valence-electron chi connectivity index (χ4n) is 4.57. The van der Waals surface area contributed by atoms with Gasteiger partial charge in [-0.1, -0.05) is 124 Å². The quantitative estimate of drug-likeness (QED) is 0.0245. The maximum Gasteiger partial charge on any atom is 0.472 e. The van der Waals surface area contributed by atoms with E-state index < -0.39 is 32.5 Å². The molecule has 0 aromatic heterocycles. The van der Waals surface area contributed by atoms with Crippen LogP contribution in [0.5, 0.6) is 0 Å². The molecule has 306 valence electrons. The minimum atomic E-state index is -4.41. The van der Waals surface area contributed by atoms with Crippen LogP contribution < -0.4 is 5.73 Å². The monoisotopic (exact) mass is 775 g/mol. The highest BCUT2D eigenvalue weighted by molar-refractivity contribution is 7.47. The number of phosphoric ester groups is 1. The summed E-state index contributed by atoms with van der Waals surface area (Å²) in [5, 5.41) is 9.80. The number of phosphoric acid groups is 1. The second-order valence-electron chi connectivity index (χ2n) is 12.6. The van der Waals surface area contributed by atoms with Crippen molar-refractivity contribution in [2.45, 2.75) is 135 Å². The van der Waals surface area contributed by atoms with Gasteiger partial charge in [0.25, 0.3) is 0 Å². The van der Waals surface area contributed by atoms with E-state index >= 15 is 0 Å². The van der Waals surface area contributed by atoms with Gasteiger partial charge in [-0.3, -0.25) is 18.6 Å². The lowest BCUT2D eigenvalue weighted by molar-refractivity contribution is -0.161. The minimum absolute atomic E-state index is 0.0265. The van der Waals surface area contributed by atoms with Crippen molar-refractivity contribution in [2.24, 2.45) is 5.73 Å². The third-order valence-corrected chi connectivity index (χ3v) is 8.51. The molecule has 0 saturated heterocycles. The molecular weight excluding hydrogens is 705 g/mol. The van der Waals surface area contributed by atoms with Crippen LogP contribution in [-0.2, 0) is 32.7 Å². The van der Waals surface area contributed by atoms with Crippen LogP contribution in [0.3, 0.4) is 0 Å². The van der Waals surface area contributed by atoms with Gasteiger partial charge < -0.3 is 25.2 Å². The fourth-order valence-corrected chi connectivity index (χ4v) is 5.34. The summed E-state index contributed by atoms with van der Waals surface area (Å²) in [6, 6.07) is 0. The van der Waals surface area contributed by atoms with Crippen LogP contribution in [0.25, 0.3) is 0 Å². The maximum absolute atomic E-state index is 12.5. The van der Waals surface area contributed by atoms with E-state index in [4.69, 9.17) is 24.3 Å². The smallest absolute Gasteiger partial charge is 0.462 e. The Morgan fingerprint density at radius 3 is 1.72 bits per heavy atom. The average Bonchev–Trinajstić information content (AvgIpc) is 3.15. The molecule has 0 saturated carbocycles. The van der Waals surface area contributed by atoms with Crippen LogP contribution in [0.2, 0.25) is 0 Å². The first-order valence-electron chi connectivity index (χ1n) is 19.8. The third-order valence-electron chi connectivity index (χ3n) is 7.52. The average molecular weight is 776 g/mol. The van der Waals surface area contributed by atoms with E-state index in [1.165, 1.54) is 0 Å². The number of unbranched alkanes of at least 4 members (excludes halogenated alkanes) is 4. The van der Waals surface area contributed by atoms with Crippen LogP contribution in [0, 0.1) is 0 Å². The molecule has 0 aromatic carbocycles. The Kier molecular flexibility index (Phi) is 36.0. The van der Waals surface area contributed by atoms with Crippen molar-refractivity contribution in [3.63, 3.8) is 0 Å². The Bertz CT molecular complexity index is 1220. The van der Waals surface area contributed by atoms with E-state index in [-0.39, 0.29) is 38.7 Å². The highest BCUT2D eigenvalue weighted by atomic mass is 31.2. The summed E-state index contributed by atoms with van der Waals surface area (Å²) in [4.78, 5) is 34.7. The first kappa shape index (κ1) is 50.9. The molecule has 0 spiro atoms. The number of carbonyl (C=O) groups is 2. The Morgan fingerprint density at radius 2 is 1.17 bits per heavy atom. The van der Waals surface area contributed by atoms with Crippen molar-refractivity contribution >= 4 is 19.8 Å². The zero-order chi connectivity index (χ0) is 39.8. The van der Waals surface area contributed by atoms with E-state index in [2.05, 4.69) is 86.8 Å². The molecule has 0 fully saturated rings. The van der Waals surface area contributed by atoms with E-state index in [1.807, 2.05) is 24.3 Å². The first-order valence-corrected chi connectivity index (χ1v) is 21.3. The molecule has 0 heterocycles. The fraction of sp³-hybridized carbons (Fsp3) is 0.581. The summed E-state index contributed by atoms with van der Waals surface area (Å²) < 4.78 is 32.6. The second-order valence-corrected chi connectivity index (χ2v) is 14.0. The van der Waals surface area contributed by atoms with E-state index in [0.717, 1.165) is 77.0 Å². The predicted molar refractivity (Wildman–Crippen MR) is 221 cm³/mol. The van der Waals surface area contributed by atoms with Crippen LogP contribution in [-0.4, -0.2) is 60.5 Å². The number of aliphatic hydroxyl groups is 1. The van der Waals surface area contributed by atoms with Gasteiger partial charge in [0.1, 0.15) is 6.61 Å². The van der Waals surface area contributed by atoms with Gasteiger partial charge in [-0.15, -0.1) is 0 Å². The molecule has 0 bridgehead atoms. The number of hydrogen-bond donors (Lipinski definition) is 3. The number of rotatable bonds is 35. The molecule has 4 N–H and O–H groups in total. The van der Waals surface area contributed by atoms with E-state index in [1.54, 1.807) is 0 Å². The van der Waals surface area contributed by atoms with Gasteiger partial charge in [-0.2, -0.15) is 0 Å². The summed E-state index contributed by atoms with van der Waals surface area (Å²) >= 11 is 0. The van der Waals surface area contributed by atoms with Crippen molar-refractivity contribution in [1.82, 2.24) is 0 Å². The molecule has 11 heteroatoms. The zero-order valence-corrected chi connectivity index (χ0v) is 33.9. The lowest BCUT2D eigenvalue weighted by atomic mass is 10.1. The topological polar surface area (TPSA) is 155 Å². The Hall–Kier alpha value is -3.11. The number of aliphatic hydroxyl groups excluding tert-OH is 1. The lowest BCUT2D eigenvalue weighted by Gasteiger charge is -2.19. The molecule has 0 aromatic rings. The highest BCUT2D eigenvalue weighted by Gasteiger charge is 2.25. The lowest BCUT2D eigenvalue weighted by Crippen LogP contribution is -2.29. The van der Waals surface area contributed by atoms with Gasteiger partial charge in [-0.25, -0.2) is 4.57 Å². The molecule has 0 radical (unpaired) electrons. The minimum Gasteiger partial charge on any atom is -0.462 e. The maximum atomic E-state index is 12.5. The van der Waals surface area contributed by atoms with Gasteiger partial charge in [-0.05, 0) is 83.5 Å². The normalized spacial score (nSPS) is 15.0. The molecule has 54 heavy (non-hydrogen) atoms. The van der Waals surface area contributed by atoms with Crippen molar-refractivity contribution in [3.8, 4) is 0 Å². The van der Waals surface area contributed by atoms with Gasteiger partial charge >= 0.3 is 19.8 Å². The SMILES string of the molecule is CC/C=C\C/C=C\C/C=C\C/C=C\CCCCC(=O)OC[C@H](COP(=O)(O)OCCN)OC(=O)CCC/C=C\C/C=C\C/C=C\C/C=C\[C@H](O)CCCC. The van der Waals surface area contributed by atoms with Gasteiger partial charge in [0, 0.05) is 19.4 Å². The van der Waals surface area contributed by atoms with Gasteiger partial charge in [0.15, 0.2) is 6.10 Å². The number of esters is 2. The summed E-state index contributed by atoms with van der Waals surface area (Å²) in [6.07, 6.45) is 45.0. The van der Waals surface area contributed by atoms with Crippen LogP contribution in [0.4, 0.5) is 0 Å². The van der Waals surface area contributed by atoms with Crippen molar-refractivity contribution in [2.75, 3.05) is 26.4 Å². The van der Waals surface area contributed by atoms with Crippen LogP contribution in [0.1, 0.15) is 123 Å². The standard InChI is InChI=1S/C43H70NO9P/c1-3-5-7-8-9-10-11-12-13-14-18-21-24-27-30-34-42(46)50-38-41(39-52-54(48,49)51-37-36-44)53-43(47)35-31-28-25-22-19-16-15-17-20-23-26-29-33-40(45)32-6-4-2/h5,7,9-10,12-13,15-16,18,20-23,25,29,33,40-41,45H,3-4,6,8,11,14,17,19,24,26-28,30-32,34-39,44H2,1-2H3,(H,48,49)/b7-5-,10-9-,13-12-,16-15-,21-18-,23-20-,25-22-,33-29-/t40-,41-/m1/s1. The number of carbonyl (C=O) groups excluding carboxylic acids is 2. The highest BCUT2D eigenvalue weighted by Crippen LogP contribution is 2.43. The number of hydrogen-bond acceptors (Lipinski definition) is 9. The molecule has 0 amide bonds. The summed E-state index contributed by atoms with van der Waals surface area (Å²) in [5.41, 5.74) is 5.33. The molecule has 1 unspecified atom stereocenters. The summed E-state index contributed by atoms with van der Waals surface area (Å²) in [6.45, 7) is 3.29. The number of nitrogens with two attached hydrogens (primary N) is 1. The van der Waals surface area contributed by atoms with Crippen molar-refractivity contribution < 1.29 is 42.7 Å². The number of ether oxygens (including phenoxy) is 2. The van der Waals surface area contributed by atoms with E-state index in [9.17, 15) is 24.2 Å². The van der Waals surface area contributed by atoms with Crippen LogP contribution >= 0.6 is 7.82 Å². The zero-order valence-electron chi connectivity index (χ0n) is 33.0. The molecule has 10 nitrogen and oxygen atoms in total. The summed E-state index contributed by atoms with van der Waals surface area (Å²) in [7, 11) is -4.41. The van der Waals surface area contributed by atoms with Crippen molar-refractivity contribution in [1.29, 1.82) is 0 Å². The second kappa shape index (κ2) is 38.2. The third kappa shape index (κ3) is 37.2. The number of allylic oxidation sites excluding steroid dienone is 15. The molecule has 3 atom stereocenters. The largest absolute Gasteiger partial charge is 0.472 e.